The number of alkyl halides is 2. The molecule has 0 amide bonds. The molecule has 0 radical (unpaired) electrons. The number of cyclic esters (lactones) is 2. The molecule has 1 aliphatic heterocycles. The van der Waals surface area contributed by atoms with E-state index in [0.29, 0.717) is 0 Å². The maximum absolute atomic E-state index is 12.6. The van der Waals surface area contributed by atoms with Gasteiger partial charge >= 0.3 is 27.5 Å². The molecule has 1 N–H and O–H groups in total. The SMILES string of the molecule is O=C1OCC(COC(=O)C(F)(F)S(=O)(=O)O)O1. The normalized spacial score (nSPS) is 20.6. The topological polar surface area (TPSA) is 116 Å². The Balaban J connectivity index is 2.53. The smallest absolute Gasteiger partial charge is 0.456 e. The first kappa shape index (κ1) is 13.6. The molecule has 0 aromatic rings. The maximum Gasteiger partial charge on any atom is 0.508 e. The number of rotatable bonds is 4. The zero-order valence-electron chi connectivity index (χ0n) is 7.96. The van der Waals surface area contributed by atoms with Crippen LogP contribution >= 0.6 is 0 Å². The van der Waals surface area contributed by atoms with E-state index in [1.807, 2.05) is 0 Å². The minimum absolute atomic E-state index is 0.316. The lowest BCUT2D eigenvalue weighted by atomic mass is 10.4. The van der Waals surface area contributed by atoms with Crippen molar-refractivity contribution in [3.05, 3.63) is 0 Å². The van der Waals surface area contributed by atoms with Gasteiger partial charge in [0.05, 0.1) is 0 Å². The molecule has 1 fully saturated rings. The highest BCUT2D eigenvalue weighted by Crippen LogP contribution is 2.22. The van der Waals surface area contributed by atoms with Crippen LogP contribution in [0.15, 0.2) is 0 Å². The lowest BCUT2D eigenvalue weighted by molar-refractivity contribution is -0.163. The standard InChI is InChI=1S/C6H6F2O8S/c7-6(8,17(11,12)13)4(9)14-1-3-2-15-5(10)16-3/h3H,1-2H2,(H,11,12,13). The zero-order valence-corrected chi connectivity index (χ0v) is 8.78. The zero-order chi connectivity index (χ0) is 13.3. The lowest BCUT2D eigenvalue weighted by Crippen LogP contribution is -2.40. The molecule has 98 valence electrons. The van der Waals surface area contributed by atoms with Crippen LogP contribution in [0.1, 0.15) is 0 Å². The Bertz CT molecular complexity index is 429. The predicted octanol–water partition coefficient (Wildman–Crippen LogP) is -0.454. The van der Waals surface area contributed by atoms with E-state index in [9.17, 15) is 26.8 Å². The van der Waals surface area contributed by atoms with Crippen molar-refractivity contribution in [1.29, 1.82) is 0 Å². The fourth-order valence-electron chi connectivity index (χ4n) is 0.805. The van der Waals surface area contributed by atoms with Gasteiger partial charge in [0.2, 0.25) is 0 Å². The minimum atomic E-state index is -5.90. The van der Waals surface area contributed by atoms with Crippen LogP contribution in [0.3, 0.4) is 0 Å². The van der Waals surface area contributed by atoms with Crippen molar-refractivity contribution >= 4 is 22.2 Å². The number of hydrogen-bond acceptors (Lipinski definition) is 7. The predicted molar refractivity (Wildman–Crippen MR) is 43.7 cm³/mol. The Labute approximate surface area is 93.2 Å². The number of hydrogen-bond donors (Lipinski definition) is 1. The van der Waals surface area contributed by atoms with Crippen molar-refractivity contribution < 1.29 is 45.6 Å². The maximum atomic E-state index is 12.6. The fourth-order valence-corrected chi connectivity index (χ4v) is 1.07. The number of halogens is 2. The van der Waals surface area contributed by atoms with Gasteiger partial charge in [-0.2, -0.15) is 17.2 Å². The monoisotopic (exact) mass is 276 g/mol. The molecule has 0 bridgehead atoms. The molecule has 0 aromatic heterocycles. The highest BCUT2D eigenvalue weighted by molar-refractivity contribution is 7.87. The van der Waals surface area contributed by atoms with Crippen molar-refractivity contribution in [2.75, 3.05) is 13.2 Å². The van der Waals surface area contributed by atoms with Gasteiger partial charge in [0.15, 0.2) is 6.10 Å². The molecule has 0 aliphatic carbocycles. The van der Waals surface area contributed by atoms with Gasteiger partial charge in [-0.1, -0.05) is 0 Å². The van der Waals surface area contributed by atoms with Crippen LogP contribution < -0.4 is 0 Å². The molecule has 8 nitrogen and oxygen atoms in total. The molecule has 1 rings (SSSR count). The second-order valence-electron chi connectivity index (χ2n) is 2.89. The van der Waals surface area contributed by atoms with Crippen LogP contribution in [-0.4, -0.2) is 49.7 Å². The van der Waals surface area contributed by atoms with Gasteiger partial charge < -0.3 is 14.2 Å². The molecule has 0 spiro atoms. The van der Waals surface area contributed by atoms with Crippen LogP contribution in [0, 0.1) is 0 Å². The van der Waals surface area contributed by atoms with Crippen molar-refractivity contribution in [2.45, 2.75) is 11.4 Å². The summed E-state index contributed by atoms with van der Waals surface area (Å²) in [5, 5.41) is -5.07. The second kappa shape index (κ2) is 4.41. The third-order valence-electron chi connectivity index (χ3n) is 1.61. The Morgan fingerprint density at radius 1 is 1.59 bits per heavy atom. The van der Waals surface area contributed by atoms with Crippen LogP contribution in [0.2, 0.25) is 0 Å². The van der Waals surface area contributed by atoms with Gasteiger partial charge in [-0.15, -0.1) is 0 Å². The van der Waals surface area contributed by atoms with E-state index in [4.69, 9.17) is 4.55 Å². The molecule has 11 heteroatoms. The number of carbonyl (C=O) groups is 2. The van der Waals surface area contributed by atoms with E-state index < -0.39 is 40.2 Å². The van der Waals surface area contributed by atoms with Crippen molar-refractivity contribution in [2.24, 2.45) is 0 Å². The third kappa shape index (κ3) is 3.00. The molecule has 0 saturated carbocycles. The average Bonchev–Trinajstić information content (AvgIpc) is 2.58. The van der Waals surface area contributed by atoms with E-state index in [1.54, 1.807) is 0 Å². The second-order valence-corrected chi connectivity index (χ2v) is 4.35. The number of esters is 1. The van der Waals surface area contributed by atoms with Gasteiger partial charge in [-0.25, -0.2) is 9.59 Å². The summed E-state index contributed by atoms with van der Waals surface area (Å²) in [5.74, 6) is -2.47. The molecule has 1 unspecified atom stereocenters. The Morgan fingerprint density at radius 3 is 2.59 bits per heavy atom. The molecular weight excluding hydrogens is 270 g/mol. The summed E-state index contributed by atoms with van der Waals surface area (Å²) in [4.78, 5) is 21.0. The van der Waals surface area contributed by atoms with E-state index >= 15 is 0 Å². The lowest BCUT2D eigenvalue weighted by Gasteiger charge is -2.13. The Hall–Kier alpha value is -1.49. The Morgan fingerprint density at radius 2 is 2.18 bits per heavy atom. The van der Waals surface area contributed by atoms with Gasteiger partial charge in [-0.3, -0.25) is 4.55 Å². The molecule has 1 saturated heterocycles. The molecule has 1 aliphatic rings. The van der Waals surface area contributed by atoms with Crippen LogP contribution in [0.5, 0.6) is 0 Å². The minimum Gasteiger partial charge on any atom is -0.456 e. The van der Waals surface area contributed by atoms with E-state index in [1.165, 1.54) is 0 Å². The first-order valence-electron chi connectivity index (χ1n) is 4.00. The summed E-state index contributed by atoms with van der Waals surface area (Å²) in [7, 11) is -5.90. The van der Waals surface area contributed by atoms with Crippen LogP contribution in [0.25, 0.3) is 0 Å². The summed E-state index contributed by atoms with van der Waals surface area (Å²) in [5.41, 5.74) is 0. The molecule has 1 atom stereocenters. The summed E-state index contributed by atoms with van der Waals surface area (Å²) in [6.07, 6.45) is -2.16. The molecule has 17 heavy (non-hydrogen) atoms. The third-order valence-corrected chi connectivity index (χ3v) is 2.43. The largest absolute Gasteiger partial charge is 0.508 e. The average molecular weight is 276 g/mol. The van der Waals surface area contributed by atoms with Gasteiger partial charge in [0.1, 0.15) is 13.2 Å². The number of carbonyl (C=O) groups excluding carboxylic acids is 2. The summed E-state index contributed by atoms with van der Waals surface area (Å²) >= 11 is 0. The van der Waals surface area contributed by atoms with Gasteiger partial charge in [0, 0.05) is 0 Å². The van der Waals surface area contributed by atoms with E-state index in [0.717, 1.165) is 0 Å². The van der Waals surface area contributed by atoms with Crippen molar-refractivity contribution in [3.8, 4) is 0 Å². The van der Waals surface area contributed by atoms with Crippen LogP contribution in [0.4, 0.5) is 13.6 Å². The molecule has 0 aromatic carbocycles. The highest BCUT2D eigenvalue weighted by atomic mass is 32.2. The quantitative estimate of drug-likeness (QED) is 0.542. The summed E-state index contributed by atoms with van der Waals surface area (Å²) in [6.45, 7) is -1.13. The summed E-state index contributed by atoms with van der Waals surface area (Å²) in [6, 6.07) is 0. The van der Waals surface area contributed by atoms with Crippen molar-refractivity contribution in [3.63, 3.8) is 0 Å². The van der Waals surface area contributed by atoms with Crippen LogP contribution in [-0.2, 0) is 29.1 Å². The first-order valence-corrected chi connectivity index (χ1v) is 5.44. The van der Waals surface area contributed by atoms with E-state index in [-0.39, 0.29) is 6.61 Å². The first-order chi connectivity index (χ1) is 7.64. The number of ether oxygens (including phenoxy) is 3. The summed E-state index contributed by atoms with van der Waals surface area (Å²) < 4.78 is 66.0. The molecule has 1 heterocycles. The van der Waals surface area contributed by atoms with Gasteiger partial charge in [0.25, 0.3) is 0 Å². The van der Waals surface area contributed by atoms with E-state index in [2.05, 4.69) is 14.2 Å². The fraction of sp³-hybridized carbons (Fsp3) is 0.667. The highest BCUT2D eigenvalue weighted by Gasteiger charge is 2.54. The molecular formula is C6H6F2O8S. The Kier molecular flexibility index (Phi) is 3.52. The van der Waals surface area contributed by atoms with Gasteiger partial charge in [-0.05, 0) is 0 Å². The van der Waals surface area contributed by atoms with Crippen molar-refractivity contribution in [1.82, 2.24) is 0 Å².